The molecular weight excluding hydrogens is 296 g/mol. The lowest BCUT2D eigenvalue weighted by Crippen LogP contribution is -2.35. The van der Waals surface area contributed by atoms with Crippen LogP contribution < -0.4 is 0 Å². The van der Waals surface area contributed by atoms with Crippen LogP contribution in [0.25, 0.3) is 0 Å². The molecule has 0 aromatic heterocycles. The van der Waals surface area contributed by atoms with Gasteiger partial charge in [0, 0.05) is 0 Å². The van der Waals surface area contributed by atoms with E-state index in [0.717, 1.165) is 18.4 Å². The maximum absolute atomic E-state index is 12.6. The maximum atomic E-state index is 12.6. The number of carbonyl (C=O) groups is 1. The van der Waals surface area contributed by atoms with E-state index in [-0.39, 0.29) is 11.4 Å². The Kier molecular flexibility index (Phi) is 5.82. The summed E-state index contributed by atoms with van der Waals surface area (Å²) in [6, 6.07) is 20.3. The van der Waals surface area contributed by atoms with Crippen LogP contribution >= 0.6 is 0 Å². The minimum Gasteiger partial charge on any atom is -0.460 e. The fourth-order valence-corrected chi connectivity index (χ4v) is 3.24. The number of ether oxygens (including phenoxy) is 1. The lowest BCUT2D eigenvalue weighted by atomic mass is 9.69. The molecule has 0 aliphatic rings. The van der Waals surface area contributed by atoms with Crippen LogP contribution in [0.3, 0.4) is 0 Å². The zero-order valence-electron chi connectivity index (χ0n) is 15.2. The second-order valence-corrected chi connectivity index (χ2v) is 7.40. The Balaban J connectivity index is 2.06. The summed E-state index contributed by atoms with van der Waals surface area (Å²) >= 11 is 0. The first-order valence-electron chi connectivity index (χ1n) is 8.64. The Morgan fingerprint density at radius 1 is 0.917 bits per heavy atom. The summed E-state index contributed by atoms with van der Waals surface area (Å²) in [4.78, 5) is 12.6. The number of benzene rings is 2. The van der Waals surface area contributed by atoms with E-state index < -0.39 is 5.41 Å². The molecule has 2 aromatic carbocycles. The van der Waals surface area contributed by atoms with Crippen LogP contribution in [-0.4, -0.2) is 5.97 Å². The third-order valence-corrected chi connectivity index (χ3v) is 4.85. The third kappa shape index (κ3) is 4.47. The van der Waals surface area contributed by atoms with Gasteiger partial charge in [-0.2, -0.15) is 0 Å². The van der Waals surface area contributed by atoms with Crippen molar-refractivity contribution < 1.29 is 9.53 Å². The van der Waals surface area contributed by atoms with Gasteiger partial charge < -0.3 is 4.74 Å². The summed E-state index contributed by atoms with van der Waals surface area (Å²) in [5, 5.41) is 0. The molecule has 0 saturated heterocycles. The second kappa shape index (κ2) is 7.65. The minimum absolute atomic E-state index is 0.0451. The number of hydrogen-bond donors (Lipinski definition) is 0. The van der Waals surface area contributed by atoms with E-state index in [1.807, 2.05) is 50.2 Å². The molecule has 0 fully saturated rings. The predicted molar refractivity (Wildman–Crippen MR) is 98.7 cm³/mol. The largest absolute Gasteiger partial charge is 0.460 e. The molecule has 0 amide bonds. The van der Waals surface area contributed by atoms with Crippen molar-refractivity contribution in [3.63, 3.8) is 0 Å². The smallest absolute Gasteiger partial charge is 0.311 e. The van der Waals surface area contributed by atoms with Crippen LogP contribution in [0.5, 0.6) is 0 Å². The van der Waals surface area contributed by atoms with E-state index in [2.05, 4.69) is 38.1 Å². The highest BCUT2D eigenvalue weighted by molar-refractivity contribution is 5.76. The van der Waals surface area contributed by atoms with Gasteiger partial charge in [0.1, 0.15) is 6.61 Å². The second-order valence-electron chi connectivity index (χ2n) is 7.40. The van der Waals surface area contributed by atoms with Crippen molar-refractivity contribution in [1.29, 1.82) is 0 Å². The van der Waals surface area contributed by atoms with Crippen molar-refractivity contribution in [2.45, 2.75) is 52.6 Å². The van der Waals surface area contributed by atoms with Crippen molar-refractivity contribution in [1.82, 2.24) is 0 Å². The molecule has 1 atom stereocenters. The van der Waals surface area contributed by atoms with Gasteiger partial charge in [-0.05, 0) is 43.2 Å². The molecule has 0 radical (unpaired) electrons. The quantitative estimate of drug-likeness (QED) is 0.627. The van der Waals surface area contributed by atoms with Gasteiger partial charge in [-0.1, -0.05) is 74.5 Å². The average Bonchev–Trinajstić information content (AvgIpc) is 2.60. The van der Waals surface area contributed by atoms with Crippen LogP contribution in [0.4, 0.5) is 0 Å². The molecule has 0 heterocycles. The molecule has 24 heavy (non-hydrogen) atoms. The highest BCUT2D eigenvalue weighted by Gasteiger charge is 2.38. The van der Waals surface area contributed by atoms with Crippen molar-refractivity contribution >= 4 is 5.97 Å². The first-order valence-corrected chi connectivity index (χ1v) is 8.64. The molecule has 0 N–H and O–H groups in total. The third-order valence-electron chi connectivity index (χ3n) is 4.85. The summed E-state index contributed by atoms with van der Waals surface area (Å²) in [6.45, 7) is 8.71. The number of esters is 1. The first-order chi connectivity index (χ1) is 11.4. The molecule has 1 unspecified atom stereocenters. The van der Waals surface area contributed by atoms with E-state index >= 15 is 0 Å². The van der Waals surface area contributed by atoms with Crippen LogP contribution in [0, 0.1) is 5.41 Å². The van der Waals surface area contributed by atoms with Crippen molar-refractivity contribution in [2.75, 3.05) is 0 Å². The van der Waals surface area contributed by atoms with Crippen molar-refractivity contribution in [3.05, 3.63) is 71.8 Å². The molecule has 0 aliphatic heterocycles. The van der Waals surface area contributed by atoms with Gasteiger partial charge in [-0.15, -0.1) is 0 Å². The fourth-order valence-electron chi connectivity index (χ4n) is 3.24. The van der Waals surface area contributed by atoms with Crippen LogP contribution in [0.1, 0.15) is 51.7 Å². The van der Waals surface area contributed by atoms with Gasteiger partial charge >= 0.3 is 5.97 Å². The standard InChI is InChI=1S/C22H28O2/c1-5-22(4,19-14-10-7-11-15-19)17-21(2,3)20(23)24-16-18-12-8-6-9-13-18/h6-15H,5,16-17H2,1-4H3. The Labute approximate surface area is 145 Å². The first kappa shape index (κ1) is 18.3. The summed E-state index contributed by atoms with van der Waals surface area (Å²) < 4.78 is 5.58. The average molecular weight is 324 g/mol. The SMILES string of the molecule is CCC(C)(CC(C)(C)C(=O)OCc1ccccc1)c1ccccc1. The van der Waals surface area contributed by atoms with Crippen LogP contribution in [0.15, 0.2) is 60.7 Å². The highest BCUT2D eigenvalue weighted by atomic mass is 16.5. The Hall–Kier alpha value is -2.09. The summed E-state index contributed by atoms with van der Waals surface area (Å²) in [5.74, 6) is -0.137. The Morgan fingerprint density at radius 2 is 1.46 bits per heavy atom. The summed E-state index contributed by atoms with van der Waals surface area (Å²) in [6.07, 6.45) is 1.74. The van der Waals surface area contributed by atoms with E-state index in [9.17, 15) is 4.79 Å². The van der Waals surface area contributed by atoms with Crippen molar-refractivity contribution in [3.8, 4) is 0 Å². The van der Waals surface area contributed by atoms with E-state index in [1.165, 1.54) is 5.56 Å². The predicted octanol–water partition coefficient (Wildman–Crippen LogP) is 5.51. The van der Waals surface area contributed by atoms with E-state index in [1.54, 1.807) is 0 Å². The summed E-state index contributed by atoms with van der Waals surface area (Å²) in [5.41, 5.74) is 1.71. The normalized spacial score (nSPS) is 14.0. The van der Waals surface area contributed by atoms with Gasteiger partial charge in [-0.3, -0.25) is 4.79 Å². The number of carbonyl (C=O) groups excluding carboxylic acids is 1. The molecule has 0 spiro atoms. The molecule has 0 bridgehead atoms. The lowest BCUT2D eigenvalue weighted by Gasteiger charge is -2.36. The van der Waals surface area contributed by atoms with Crippen LogP contribution in [0.2, 0.25) is 0 Å². The van der Waals surface area contributed by atoms with Gasteiger partial charge in [0.25, 0.3) is 0 Å². The van der Waals surface area contributed by atoms with E-state index in [4.69, 9.17) is 4.74 Å². The molecule has 0 saturated carbocycles. The highest BCUT2D eigenvalue weighted by Crippen LogP contribution is 2.40. The van der Waals surface area contributed by atoms with Gasteiger partial charge in [0.2, 0.25) is 0 Å². The molecular formula is C22H28O2. The number of rotatable bonds is 7. The zero-order chi connectivity index (χ0) is 17.6. The van der Waals surface area contributed by atoms with Gasteiger partial charge in [-0.25, -0.2) is 0 Å². The van der Waals surface area contributed by atoms with Crippen molar-refractivity contribution in [2.24, 2.45) is 5.41 Å². The molecule has 2 heteroatoms. The van der Waals surface area contributed by atoms with Crippen LogP contribution in [-0.2, 0) is 21.6 Å². The molecule has 2 aromatic rings. The lowest BCUT2D eigenvalue weighted by molar-refractivity contribution is -0.156. The number of hydrogen-bond acceptors (Lipinski definition) is 2. The van der Waals surface area contributed by atoms with Gasteiger partial charge in [0.05, 0.1) is 5.41 Å². The topological polar surface area (TPSA) is 26.3 Å². The molecule has 0 aliphatic carbocycles. The van der Waals surface area contributed by atoms with Gasteiger partial charge in [0.15, 0.2) is 0 Å². The Morgan fingerprint density at radius 3 is 2.00 bits per heavy atom. The molecule has 2 rings (SSSR count). The Bertz CT molecular complexity index is 646. The molecule has 2 nitrogen and oxygen atoms in total. The molecule has 128 valence electrons. The fraction of sp³-hybridized carbons (Fsp3) is 0.409. The minimum atomic E-state index is -0.532. The summed E-state index contributed by atoms with van der Waals surface area (Å²) in [7, 11) is 0. The zero-order valence-corrected chi connectivity index (χ0v) is 15.2. The monoisotopic (exact) mass is 324 g/mol. The van der Waals surface area contributed by atoms with E-state index in [0.29, 0.717) is 6.61 Å². The maximum Gasteiger partial charge on any atom is 0.311 e.